The summed E-state index contributed by atoms with van der Waals surface area (Å²) in [7, 11) is 3.48. The summed E-state index contributed by atoms with van der Waals surface area (Å²) in [6, 6.07) is 6.54. The molecule has 1 aliphatic heterocycles. The Morgan fingerprint density at radius 3 is 2.55 bits per heavy atom. The molecule has 1 aliphatic carbocycles. The second kappa shape index (κ2) is 15.6. The van der Waals surface area contributed by atoms with Gasteiger partial charge in [-0.1, -0.05) is 12.1 Å². The Labute approximate surface area is 217 Å². The highest BCUT2D eigenvalue weighted by Gasteiger charge is 2.22. The monoisotopic (exact) mass is 574 g/mol. The van der Waals surface area contributed by atoms with Gasteiger partial charge in [-0.25, -0.2) is 4.99 Å². The minimum Gasteiger partial charge on any atom is -0.493 e. The number of piperidine rings is 1. The average Bonchev–Trinajstić information content (AvgIpc) is 3.33. The van der Waals surface area contributed by atoms with Gasteiger partial charge in [-0.2, -0.15) is 0 Å². The first kappa shape index (κ1) is 28.0. The van der Waals surface area contributed by atoms with Crippen molar-refractivity contribution in [2.24, 2.45) is 4.99 Å². The second-order valence-corrected chi connectivity index (χ2v) is 8.77. The molecular weight excluding hydrogens is 531 g/mol. The lowest BCUT2D eigenvalue weighted by Crippen LogP contribution is -2.48. The topological polar surface area (TPSA) is 67.4 Å². The molecule has 1 saturated heterocycles. The summed E-state index contributed by atoms with van der Waals surface area (Å²) in [6.45, 7) is 7.71. The Bertz CT molecular complexity index is 705. The van der Waals surface area contributed by atoms with Gasteiger partial charge in [0, 0.05) is 51.5 Å². The normalized spacial score (nSPS) is 18.1. The van der Waals surface area contributed by atoms with Gasteiger partial charge in [-0.15, -0.1) is 24.0 Å². The molecule has 0 unspecified atom stereocenters. The minimum absolute atomic E-state index is 0. The molecule has 1 saturated carbocycles. The number of rotatable bonds is 11. The van der Waals surface area contributed by atoms with Crippen molar-refractivity contribution < 1.29 is 14.2 Å². The number of likely N-dealkylation sites (tertiary alicyclic amines) is 1. The first-order chi connectivity index (χ1) is 15.7. The summed E-state index contributed by atoms with van der Waals surface area (Å²) in [5.74, 6) is 2.52. The molecule has 3 rings (SSSR count). The Morgan fingerprint density at radius 1 is 1.12 bits per heavy atom. The molecule has 0 amide bonds. The van der Waals surface area contributed by atoms with Crippen molar-refractivity contribution in [2.75, 3.05) is 47.0 Å². The van der Waals surface area contributed by atoms with Crippen LogP contribution in [0.15, 0.2) is 23.2 Å². The van der Waals surface area contributed by atoms with E-state index in [1.807, 2.05) is 12.1 Å². The molecule has 7 nitrogen and oxygen atoms in total. The van der Waals surface area contributed by atoms with Crippen LogP contribution < -0.4 is 20.1 Å². The van der Waals surface area contributed by atoms with Crippen molar-refractivity contribution in [3.63, 3.8) is 0 Å². The molecule has 0 aromatic heterocycles. The molecule has 2 N–H and O–H groups in total. The maximum atomic E-state index is 6.37. The summed E-state index contributed by atoms with van der Waals surface area (Å²) in [6.07, 6.45) is 8.38. The van der Waals surface area contributed by atoms with Gasteiger partial charge < -0.3 is 29.7 Å². The fourth-order valence-corrected chi connectivity index (χ4v) is 4.56. The van der Waals surface area contributed by atoms with Crippen LogP contribution in [0.25, 0.3) is 0 Å². The zero-order valence-electron chi connectivity index (χ0n) is 20.6. The molecule has 0 atom stereocenters. The molecule has 2 aliphatic rings. The van der Waals surface area contributed by atoms with E-state index in [4.69, 9.17) is 19.2 Å². The van der Waals surface area contributed by atoms with Crippen LogP contribution in [0.2, 0.25) is 0 Å². The second-order valence-electron chi connectivity index (χ2n) is 8.77. The van der Waals surface area contributed by atoms with Gasteiger partial charge in [0.1, 0.15) is 0 Å². The molecule has 1 aromatic rings. The van der Waals surface area contributed by atoms with Gasteiger partial charge >= 0.3 is 0 Å². The van der Waals surface area contributed by atoms with Gasteiger partial charge in [0.15, 0.2) is 17.5 Å². The third-order valence-corrected chi connectivity index (χ3v) is 6.37. The van der Waals surface area contributed by atoms with Crippen molar-refractivity contribution in [1.29, 1.82) is 0 Å². The maximum absolute atomic E-state index is 6.37. The van der Waals surface area contributed by atoms with E-state index in [0.29, 0.717) is 12.6 Å². The van der Waals surface area contributed by atoms with Crippen molar-refractivity contribution >= 4 is 29.9 Å². The smallest absolute Gasteiger partial charge is 0.191 e. The zero-order valence-corrected chi connectivity index (χ0v) is 22.9. The number of halogens is 1. The standard InChI is InChI=1S/C25H42N4O3.HI/c1-4-26-25(28-21-13-16-29(17-14-21)15-8-18-30-2)27-19-20-9-7-12-23(31-3)24(20)32-22-10-5-6-11-22;/h7,9,12,21-22H,4-6,8,10-11,13-19H2,1-3H3,(H2,26,27,28);1H. The van der Waals surface area contributed by atoms with Crippen LogP contribution in [-0.2, 0) is 11.3 Å². The number of methoxy groups -OCH3 is 2. The van der Waals surface area contributed by atoms with Crippen molar-refractivity contribution in [1.82, 2.24) is 15.5 Å². The number of ether oxygens (including phenoxy) is 3. The molecule has 0 radical (unpaired) electrons. The van der Waals surface area contributed by atoms with Gasteiger partial charge in [0.2, 0.25) is 0 Å². The van der Waals surface area contributed by atoms with Gasteiger partial charge in [-0.3, -0.25) is 0 Å². The van der Waals surface area contributed by atoms with Crippen molar-refractivity contribution in [3.8, 4) is 11.5 Å². The number of guanidine groups is 1. The van der Waals surface area contributed by atoms with E-state index in [-0.39, 0.29) is 30.1 Å². The lowest BCUT2D eigenvalue weighted by molar-refractivity contribution is 0.155. The first-order valence-electron chi connectivity index (χ1n) is 12.3. The van der Waals surface area contributed by atoms with E-state index in [9.17, 15) is 0 Å². The molecule has 0 spiro atoms. The Morgan fingerprint density at radius 2 is 1.88 bits per heavy atom. The van der Waals surface area contributed by atoms with E-state index in [2.05, 4.69) is 28.5 Å². The van der Waals surface area contributed by atoms with Crippen LogP contribution >= 0.6 is 24.0 Å². The highest BCUT2D eigenvalue weighted by Crippen LogP contribution is 2.35. The van der Waals surface area contributed by atoms with E-state index in [1.165, 1.54) is 12.8 Å². The summed E-state index contributed by atoms with van der Waals surface area (Å²) in [5, 5.41) is 7.06. The fourth-order valence-electron chi connectivity index (χ4n) is 4.56. The number of hydrogen-bond donors (Lipinski definition) is 2. The number of benzene rings is 1. The first-order valence-corrected chi connectivity index (χ1v) is 12.3. The summed E-state index contributed by atoms with van der Waals surface area (Å²) < 4.78 is 17.2. The van der Waals surface area contributed by atoms with Gasteiger partial charge in [-0.05, 0) is 57.9 Å². The third kappa shape index (κ3) is 9.13. The Hall–Kier alpha value is -1.26. The predicted octanol–water partition coefficient (Wildman–Crippen LogP) is 4.19. The van der Waals surface area contributed by atoms with Crippen LogP contribution in [0.4, 0.5) is 0 Å². The lowest BCUT2D eigenvalue weighted by atomic mass is 10.1. The van der Waals surface area contributed by atoms with Crippen LogP contribution in [-0.4, -0.2) is 70.0 Å². The van der Waals surface area contributed by atoms with E-state index >= 15 is 0 Å². The van der Waals surface area contributed by atoms with E-state index in [1.54, 1.807) is 14.2 Å². The van der Waals surface area contributed by atoms with Crippen LogP contribution in [0.3, 0.4) is 0 Å². The number of hydrogen-bond acceptors (Lipinski definition) is 5. The summed E-state index contributed by atoms with van der Waals surface area (Å²) in [5.41, 5.74) is 1.07. The molecule has 33 heavy (non-hydrogen) atoms. The van der Waals surface area contributed by atoms with Crippen LogP contribution in [0, 0.1) is 0 Å². The number of nitrogens with one attached hydrogen (secondary N) is 2. The summed E-state index contributed by atoms with van der Waals surface area (Å²) in [4.78, 5) is 7.43. The van der Waals surface area contributed by atoms with Crippen molar-refractivity contribution in [3.05, 3.63) is 23.8 Å². The quantitative estimate of drug-likeness (QED) is 0.179. The molecule has 188 valence electrons. The SMILES string of the molecule is CCNC(=NCc1cccc(OC)c1OC1CCCC1)NC1CCN(CCCOC)CC1.I. The highest BCUT2D eigenvalue weighted by molar-refractivity contribution is 14.0. The molecule has 2 fully saturated rings. The number of aliphatic imine (C=N–C) groups is 1. The minimum atomic E-state index is 0. The van der Waals surface area contributed by atoms with E-state index < -0.39 is 0 Å². The highest BCUT2D eigenvalue weighted by atomic mass is 127. The Kier molecular flexibility index (Phi) is 13.2. The molecular formula is C25H43IN4O3. The largest absolute Gasteiger partial charge is 0.493 e. The van der Waals surface area contributed by atoms with Crippen molar-refractivity contribution in [2.45, 2.75) is 70.6 Å². The number of para-hydroxylation sites is 1. The molecule has 8 heteroatoms. The zero-order chi connectivity index (χ0) is 22.6. The van der Waals surface area contributed by atoms with Gasteiger partial charge in [0.25, 0.3) is 0 Å². The fraction of sp³-hybridized carbons (Fsp3) is 0.720. The number of nitrogens with zero attached hydrogens (tertiary/aromatic N) is 2. The average molecular weight is 575 g/mol. The Balaban J connectivity index is 0.00000385. The third-order valence-electron chi connectivity index (χ3n) is 6.37. The van der Waals surface area contributed by atoms with Crippen LogP contribution in [0.1, 0.15) is 57.4 Å². The predicted molar refractivity (Wildman–Crippen MR) is 145 cm³/mol. The van der Waals surface area contributed by atoms with E-state index in [0.717, 1.165) is 87.9 Å². The maximum Gasteiger partial charge on any atom is 0.191 e. The van der Waals surface area contributed by atoms with Crippen LogP contribution in [0.5, 0.6) is 11.5 Å². The lowest BCUT2D eigenvalue weighted by Gasteiger charge is -2.33. The molecule has 1 aromatic carbocycles. The molecule has 0 bridgehead atoms. The molecule has 1 heterocycles. The summed E-state index contributed by atoms with van der Waals surface area (Å²) >= 11 is 0. The van der Waals surface area contributed by atoms with Gasteiger partial charge in [0.05, 0.1) is 19.8 Å².